The zero-order valence-corrected chi connectivity index (χ0v) is 14.7. The van der Waals surface area contributed by atoms with Crippen LogP contribution in [0.5, 0.6) is 17.2 Å². The van der Waals surface area contributed by atoms with E-state index in [1.54, 1.807) is 18.2 Å². The van der Waals surface area contributed by atoms with Crippen molar-refractivity contribution < 1.29 is 24.1 Å². The maximum Gasteiger partial charge on any atom is 0.165 e. The predicted molar refractivity (Wildman–Crippen MR) is 98.5 cm³/mol. The number of carboxylic acid groups (broad SMARTS) is 1. The summed E-state index contributed by atoms with van der Waals surface area (Å²) in [6, 6.07) is 24.5. The molecule has 0 atom stereocenters. The molecule has 27 heavy (non-hydrogen) atoms. The Morgan fingerprint density at radius 2 is 1.30 bits per heavy atom. The van der Waals surface area contributed by atoms with Crippen molar-refractivity contribution in [2.24, 2.45) is 0 Å². The molecule has 5 nitrogen and oxygen atoms in total. The lowest BCUT2D eigenvalue weighted by Crippen LogP contribution is -2.29. The summed E-state index contributed by atoms with van der Waals surface area (Å²) < 4.78 is 16.9. The summed E-state index contributed by atoms with van der Waals surface area (Å²) in [7, 11) is 0. The van der Waals surface area contributed by atoms with Crippen molar-refractivity contribution in [3.63, 3.8) is 0 Å². The molecule has 0 saturated carbocycles. The molecule has 0 radical (unpaired) electrons. The molecule has 0 bridgehead atoms. The second-order valence-electron chi connectivity index (χ2n) is 5.82. The number of hydrogen-bond donors (Lipinski definition) is 0. The van der Waals surface area contributed by atoms with Gasteiger partial charge in [0.1, 0.15) is 25.6 Å². The molecule has 0 N–H and O–H groups in total. The van der Waals surface area contributed by atoms with Crippen LogP contribution in [0.3, 0.4) is 0 Å². The SMILES string of the molecule is O=C([O-])COc1ccc(OCc2ccccc2)cc1OCc1ccccc1. The molecule has 0 amide bonds. The molecule has 3 aromatic carbocycles. The van der Waals surface area contributed by atoms with Gasteiger partial charge < -0.3 is 24.1 Å². The van der Waals surface area contributed by atoms with Gasteiger partial charge in [0.2, 0.25) is 0 Å². The molecule has 3 aromatic rings. The summed E-state index contributed by atoms with van der Waals surface area (Å²) in [5, 5.41) is 10.7. The molecule has 0 aliphatic carbocycles. The third-order valence-electron chi connectivity index (χ3n) is 3.75. The van der Waals surface area contributed by atoms with Gasteiger partial charge >= 0.3 is 0 Å². The first-order valence-electron chi connectivity index (χ1n) is 8.51. The molecule has 3 rings (SSSR count). The zero-order chi connectivity index (χ0) is 18.9. The van der Waals surface area contributed by atoms with E-state index in [0.29, 0.717) is 30.5 Å². The van der Waals surface area contributed by atoms with Gasteiger partial charge in [-0.2, -0.15) is 0 Å². The lowest BCUT2D eigenvalue weighted by atomic mass is 10.2. The monoisotopic (exact) mass is 363 g/mol. The molecule has 138 valence electrons. The highest BCUT2D eigenvalue weighted by Crippen LogP contribution is 2.32. The number of carbonyl (C=O) groups is 1. The maximum atomic E-state index is 10.7. The van der Waals surface area contributed by atoms with E-state index in [9.17, 15) is 9.90 Å². The standard InChI is InChI=1S/C22H20O5/c23-22(24)16-27-20-12-11-19(25-14-17-7-3-1-4-8-17)13-21(20)26-15-18-9-5-2-6-10-18/h1-13H,14-16H2,(H,23,24)/p-1. The summed E-state index contributed by atoms with van der Waals surface area (Å²) in [5.74, 6) is 0.0315. The maximum absolute atomic E-state index is 10.7. The molecular formula is C22H19O5-. The Morgan fingerprint density at radius 3 is 1.89 bits per heavy atom. The molecule has 0 aliphatic rings. The second-order valence-corrected chi connectivity index (χ2v) is 5.82. The first-order chi connectivity index (χ1) is 13.2. The van der Waals surface area contributed by atoms with Crippen LogP contribution in [0.15, 0.2) is 78.9 Å². The van der Waals surface area contributed by atoms with Crippen LogP contribution < -0.4 is 19.3 Å². The Morgan fingerprint density at radius 1 is 0.704 bits per heavy atom. The van der Waals surface area contributed by atoms with E-state index in [2.05, 4.69) is 0 Å². The number of ether oxygens (including phenoxy) is 3. The summed E-state index contributed by atoms with van der Waals surface area (Å²) >= 11 is 0. The smallest absolute Gasteiger partial charge is 0.165 e. The Bertz CT molecular complexity index is 862. The van der Waals surface area contributed by atoms with Gasteiger partial charge in [-0.05, 0) is 23.3 Å². The number of hydrogen-bond acceptors (Lipinski definition) is 5. The van der Waals surface area contributed by atoms with Gasteiger partial charge in [0.15, 0.2) is 11.5 Å². The third-order valence-corrected chi connectivity index (χ3v) is 3.75. The van der Waals surface area contributed by atoms with Gasteiger partial charge in [-0.25, -0.2) is 0 Å². The normalized spacial score (nSPS) is 10.2. The second kappa shape index (κ2) is 9.29. The van der Waals surface area contributed by atoms with Crippen LogP contribution in [0, 0.1) is 0 Å². The average molecular weight is 363 g/mol. The van der Waals surface area contributed by atoms with E-state index in [4.69, 9.17) is 14.2 Å². The van der Waals surface area contributed by atoms with Gasteiger partial charge in [-0.15, -0.1) is 0 Å². The Balaban J connectivity index is 1.72. The van der Waals surface area contributed by atoms with E-state index in [1.807, 2.05) is 60.7 Å². The average Bonchev–Trinajstić information content (AvgIpc) is 2.71. The number of carbonyl (C=O) groups excluding carboxylic acids is 1. The highest BCUT2D eigenvalue weighted by molar-refractivity contribution is 5.66. The van der Waals surface area contributed by atoms with Crippen molar-refractivity contribution in [1.82, 2.24) is 0 Å². The van der Waals surface area contributed by atoms with E-state index >= 15 is 0 Å². The predicted octanol–water partition coefficient (Wildman–Crippen LogP) is 2.97. The van der Waals surface area contributed by atoms with Crippen LogP contribution in [0.1, 0.15) is 11.1 Å². The molecule has 0 unspecified atom stereocenters. The summed E-state index contributed by atoms with van der Waals surface area (Å²) in [5.41, 5.74) is 2.03. The quantitative estimate of drug-likeness (QED) is 0.585. The molecule has 0 aliphatic heterocycles. The van der Waals surface area contributed by atoms with Crippen molar-refractivity contribution in [1.29, 1.82) is 0 Å². The fourth-order valence-electron chi connectivity index (χ4n) is 2.42. The van der Waals surface area contributed by atoms with Gasteiger partial charge in [0.05, 0.1) is 5.97 Å². The lowest BCUT2D eigenvalue weighted by Gasteiger charge is -2.15. The molecule has 0 heterocycles. The van der Waals surface area contributed by atoms with Crippen LogP contribution in [0.4, 0.5) is 0 Å². The van der Waals surface area contributed by atoms with Crippen LogP contribution in [0.25, 0.3) is 0 Å². The minimum atomic E-state index is -1.30. The molecule has 0 spiro atoms. The highest BCUT2D eigenvalue weighted by atomic mass is 16.5. The number of carboxylic acids is 1. The lowest BCUT2D eigenvalue weighted by molar-refractivity contribution is -0.307. The fourth-order valence-corrected chi connectivity index (χ4v) is 2.42. The van der Waals surface area contributed by atoms with Crippen LogP contribution >= 0.6 is 0 Å². The molecular weight excluding hydrogens is 344 g/mol. The topological polar surface area (TPSA) is 67.8 Å². The van der Waals surface area contributed by atoms with Crippen LogP contribution in [0.2, 0.25) is 0 Å². The Kier molecular flexibility index (Phi) is 6.30. The molecule has 5 heteroatoms. The van der Waals surface area contributed by atoms with E-state index in [1.165, 1.54) is 0 Å². The first kappa shape index (κ1) is 18.3. The molecule has 0 fully saturated rings. The van der Waals surface area contributed by atoms with Crippen molar-refractivity contribution >= 4 is 5.97 Å². The van der Waals surface area contributed by atoms with Crippen LogP contribution in [-0.4, -0.2) is 12.6 Å². The van der Waals surface area contributed by atoms with Gasteiger partial charge in [0.25, 0.3) is 0 Å². The van der Waals surface area contributed by atoms with Crippen molar-refractivity contribution in [2.75, 3.05) is 6.61 Å². The van der Waals surface area contributed by atoms with Crippen molar-refractivity contribution in [3.8, 4) is 17.2 Å². The summed E-state index contributed by atoms with van der Waals surface area (Å²) in [6.07, 6.45) is 0. The zero-order valence-electron chi connectivity index (χ0n) is 14.7. The van der Waals surface area contributed by atoms with Crippen molar-refractivity contribution in [3.05, 3.63) is 90.0 Å². The number of aliphatic carboxylic acids is 1. The van der Waals surface area contributed by atoms with Gasteiger partial charge in [-0.3, -0.25) is 0 Å². The van der Waals surface area contributed by atoms with Crippen molar-refractivity contribution in [2.45, 2.75) is 13.2 Å². The Labute approximate surface area is 157 Å². The largest absolute Gasteiger partial charge is 0.546 e. The Hall–Kier alpha value is -3.47. The molecule has 0 saturated heterocycles. The summed E-state index contributed by atoms with van der Waals surface area (Å²) in [6.45, 7) is 0.189. The minimum absolute atomic E-state index is 0.321. The fraction of sp³-hybridized carbons (Fsp3) is 0.136. The van der Waals surface area contributed by atoms with E-state index in [-0.39, 0.29) is 0 Å². The number of benzene rings is 3. The van der Waals surface area contributed by atoms with E-state index < -0.39 is 12.6 Å². The minimum Gasteiger partial charge on any atom is -0.546 e. The molecule has 0 aromatic heterocycles. The number of rotatable bonds is 9. The summed E-state index contributed by atoms with van der Waals surface area (Å²) in [4.78, 5) is 10.7. The van der Waals surface area contributed by atoms with Crippen LogP contribution in [-0.2, 0) is 18.0 Å². The first-order valence-corrected chi connectivity index (χ1v) is 8.51. The third kappa shape index (κ3) is 5.78. The van der Waals surface area contributed by atoms with Gasteiger partial charge in [-0.1, -0.05) is 60.7 Å². The van der Waals surface area contributed by atoms with Gasteiger partial charge in [0, 0.05) is 6.07 Å². The van der Waals surface area contributed by atoms with E-state index in [0.717, 1.165) is 11.1 Å². The highest BCUT2D eigenvalue weighted by Gasteiger charge is 2.09.